The van der Waals surface area contributed by atoms with Gasteiger partial charge in [0.1, 0.15) is 28.8 Å². The molecule has 5 rings (SSSR count). The molecule has 0 aromatic heterocycles. The van der Waals surface area contributed by atoms with E-state index in [1.807, 2.05) is 66.4 Å². The van der Waals surface area contributed by atoms with Crippen molar-refractivity contribution in [2.75, 3.05) is 33.9 Å². The highest BCUT2D eigenvalue weighted by Gasteiger charge is 2.32. The van der Waals surface area contributed by atoms with Crippen molar-refractivity contribution in [3.63, 3.8) is 0 Å². The maximum absolute atomic E-state index is 13.3. The molecule has 0 radical (unpaired) electrons. The number of amides is 1. The number of carbonyl (C=O) groups excluding carboxylic acids is 1. The van der Waals surface area contributed by atoms with E-state index in [1.54, 1.807) is 20.3 Å². The summed E-state index contributed by atoms with van der Waals surface area (Å²) in [5.41, 5.74) is 3.42. The molecule has 2 aliphatic heterocycles. The van der Waals surface area contributed by atoms with Gasteiger partial charge in [0.05, 0.1) is 19.8 Å². The van der Waals surface area contributed by atoms with Gasteiger partial charge in [0.15, 0.2) is 5.75 Å². The van der Waals surface area contributed by atoms with E-state index in [-0.39, 0.29) is 11.9 Å². The number of nitrogens with zero attached hydrogens (tertiary/aromatic N) is 3. The number of methoxy groups -OCH3 is 2. The first-order valence-electron chi connectivity index (χ1n) is 11.7. The number of piperazine rings is 1. The summed E-state index contributed by atoms with van der Waals surface area (Å²) in [6, 6.07) is 19.1. The van der Waals surface area contributed by atoms with Crippen molar-refractivity contribution in [2.24, 2.45) is 4.99 Å². The first-order valence-corrected chi connectivity index (χ1v) is 11.7. The topological polar surface area (TPSA) is 63.6 Å². The van der Waals surface area contributed by atoms with Gasteiger partial charge in [-0.1, -0.05) is 12.1 Å². The molecule has 1 amide bonds. The Hall–Kier alpha value is -4.00. The van der Waals surface area contributed by atoms with E-state index >= 15 is 0 Å². The van der Waals surface area contributed by atoms with Crippen molar-refractivity contribution < 1.29 is 19.0 Å². The highest BCUT2D eigenvalue weighted by molar-refractivity contribution is 6.04. The quantitative estimate of drug-likeness (QED) is 0.535. The third-order valence-corrected chi connectivity index (χ3v) is 6.50. The number of carbonyl (C=O) groups is 1. The second-order valence-electron chi connectivity index (χ2n) is 8.90. The number of benzene rings is 3. The summed E-state index contributed by atoms with van der Waals surface area (Å²) >= 11 is 0. The molecule has 7 nitrogen and oxygen atoms in total. The van der Waals surface area contributed by atoms with Gasteiger partial charge in [-0.3, -0.25) is 4.79 Å². The molecular formula is C28H29N3O4. The van der Waals surface area contributed by atoms with E-state index in [0.29, 0.717) is 36.7 Å². The molecule has 0 aliphatic carbocycles. The van der Waals surface area contributed by atoms with Gasteiger partial charge in [-0.25, -0.2) is 4.99 Å². The molecular weight excluding hydrogens is 442 g/mol. The first kappa shape index (κ1) is 22.8. The van der Waals surface area contributed by atoms with Gasteiger partial charge >= 0.3 is 0 Å². The summed E-state index contributed by atoms with van der Waals surface area (Å²) in [6.07, 6.45) is 0. The van der Waals surface area contributed by atoms with E-state index < -0.39 is 0 Å². The Balaban J connectivity index is 1.45. The fourth-order valence-electron chi connectivity index (χ4n) is 4.60. The van der Waals surface area contributed by atoms with Crippen LogP contribution >= 0.6 is 0 Å². The summed E-state index contributed by atoms with van der Waals surface area (Å²) in [4.78, 5) is 22.5. The molecule has 1 unspecified atom stereocenters. The molecule has 0 spiro atoms. The number of aryl methyl sites for hydroxylation is 1. The monoisotopic (exact) mass is 471 g/mol. The lowest BCUT2D eigenvalue weighted by Gasteiger charge is -2.41. The Morgan fingerprint density at radius 3 is 2.54 bits per heavy atom. The fourth-order valence-corrected chi connectivity index (χ4v) is 4.60. The molecule has 180 valence electrons. The molecule has 0 bridgehead atoms. The minimum atomic E-state index is -0.00601. The van der Waals surface area contributed by atoms with Crippen LogP contribution < -0.4 is 14.2 Å². The van der Waals surface area contributed by atoms with E-state index in [9.17, 15) is 4.79 Å². The number of ether oxygens (including phenoxy) is 3. The molecule has 3 aromatic rings. The molecule has 0 saturated carbocycles. The van der Waals surface area contributed by atoms with Crippen molar-refractivity contribution in [1.82, 2.24) is 9.80 Å². The van der Waals surface area contributed by atoms with Gasteiger partial charge < -0.3 is 24.0 Å². The summed E-state index contributed by atoms with van der Waals surface area (Å²) in [5.74, 6) is 3.67. The second-order valence-corrected chi connectivity index (χ2v) is 8.90. The van der Waals surface area contributed by atoms with E-state index in [4.69, 9.17) is 19.2 Å². The van der Waals surface area contributed by atoms with Crippen LogP contribution in [0.1, 0.15) is 28.4 Å². The molecule has 3 aromatic carbocycles. The Kier molecular flexibility index (Phi) is 6.07. The molecule has 1 atom stereocenters. The normalized spacial score (nSPS) is 16.9. The molecule has 2 heterocycles. The molecule has 0 N–H and O–H groups in total. The van der Waals surface area contributed by atoms with Crippen LogP contribution in [0.4, 0.5) is 5.69 Å². The van der Waals surface area contributed by atoms with E-state index in [2.05, 4.69) is 11.8 Å². The largest absolute Gasteiger partial charge is 0.497 e. The van der Waals surface area contributed by atoms with Crippen LogP contribution in [0, 0.1) is 6.92 Å². The lowest BCUT2D eigenvalue weighted by molar-refractivity contribution is 0.0581. The van der Waals surface area contributed by atoms with Gasteiger partial charge in [-0.15, -0.1) is 0 Å². The highest BCUT2D eigenvalue weighted by Crippen LogP contribution is 2.40. The summed E-state index contributed by atoms with van der Waals surface area (Å²) in [6.45, 7) is 6.01. The third-order valence-electron chi connectivity index (χ3n) is 6.50. The molecule has 1 saturated heterocycles. The number of fused-ring (bicyclic) bond motifs is 2. The Bertz CT molecular complexity index is 1300. The molecule has 35 heavy (non-hydrogen) atoms. The summed E-state index contributed by atoms with van der Waals surface area (Å²) in [7, 11) is 3.25. The van der Waals surface area contributed by atoms with Gasteiger partial charge in [0, 0.05) is 37.3 Å². The predicted octanol–water partition coefficient (Wildman–Crippen LogP) is 5.04. The second kappa shape index (κ2) is 9.33. The lowest BCUT2D eigenvalue weighted by atomic mass is 10.1. The van der Waals surface area contributed by atoms with Crippen LogP contribution in [0.2, 0.25) is 0 Å². The van der Waals surface area contributed by atoms with Crippen molar-refractivity contribution in [2.45, 2.75) is 19.9 Å². The standard InChI is InChI=1S/C28H29N3O4/c1-18-8-11-24-26(14-18)35-25-16-22(34-4)9-10-23(25)27(29-24)30-12-13-31(19(2)17-30)28(32)20-6-5-7-21(15-20)33-3/h5-11,14-16,19H,12-13,17H2,1-4H3. The van der Waals surface area contributed by atoms with Crippen molar-refractivity contribution >= 4 is 17.4 Å². The smallest absolute Gasteiger partial charge is 0.254 e. The maximum Gasteiger partial charge on any atom is 0.254 e. The SMILES string of the molecule is COc1cccc(C(=O)N2CCN(C3=Nc4ccc(C)cc4Oc4cc(OC)ccc43)CC2C)c1. The van der Waals surface area contributed by atoms with Crippen LogP contribution in [-0.2, 0) is 0 Å². The van der Waals surface area contributed by atoms with E-state index in [1.165, 1.54) is 0 Å². The van der Waals surface area contributed by atoms with Crippen molar-refractivity contribution in [3.8, 4) is 23.0 Å². The minimum Gasteiger partial charge on any atom is -0.497 e. The van der Waals surface area contributed by atoms with Crippen molar-refractivity contribution in [3.05, 3.63) is 77.4 Å². The van der Waals surface area contributed by atoms with Crippen LogP contribution in [-0.4, -0.2) is 61.4 Å². The average Bonchev–Trinajstić information content (AvgIpc) is 3.04. The molecule has 2 aliphatic rings. The van der Waals surface area contributed by atoms with Gasteiger partial charge in [-0.2, -0.15) is 0 Å². The number of aliphatic imine (C=N–C) groups is 1. The number of hydrogen-bond donors (Lipinski definition) is 0. The first-order chi connectivity index (χ1) is 17.0. The zero-order valence-electron chi connectivity index (χ0n) is 20.4. The van der Waals surface area contributed by atoms with Crippen LogP contribution in [0.25, 0.3) is 0 Å². The van der Waals surface area contributed by atoms with Crippen LogP contribution in [0.3, 0.4) is 0 Å². The Labute approximate surface area is 205 Å². The van der Waals surface area contributed by atoms with E-state index in [0.717, 1.165) is 34.1 Å². The van der Waals surface area contributed by atoms with Gasteiger partial charge in [0.25, 0.3) is 5.91 Å². The Morgan fingerprint density at radius 1 is 0.971 bits per heavy atom. The number of amidine groups is 1. The van der Waals surface area contributed by atoms with Gasteiger partial charge in [-0.05, 0) is 61.9 Å². The highest BCUT2D eigenvalue weighted by atomic mass is 16.5. The maximum atomic E-state index is 13.3. The van der Waals surface area contributed by atoms with Gasteiger partial charge in [0.2, 0.25) is 0 Å². The lowest BCUT2D eigenvalue weighted by Crippen LogP contribution is -2.55. The predicted molar refractivity (Wildman–Crippen MR) is 136 cm³/mol. The van der Waals surface area contributed by atoms with Crippen LogP contribution in [0.15, 0.2) is 65.7 Å². The number of rotatable bonds is 3. The molecule has 7 heteroatoms. The average molecular weight is 472 g/mol. The Morgan fingerprint density at radius 2 is 1.77 bits per heavy atom. The van der Waals surface area contributed by atoms with Crippen LogP contribution in [0.5, 0.6) is 23.0 Å². The summed E-state index contributed by atoms with van der Waals surface area (Å²) in [5, 5.41) is 0. The minimum absolute atomic E-state index is 0.00601. The zero-order chi connectivity index (χ0) is 24.5. The fraction of sp³-hybridized carbons (Fsp3) is 0.286. The number of hydrogen-bond acceptors (Lipinski definition) is 6. The third kappa shape index (κ3) is 4.41. The van der Waals surface area contributed by atoms with Crippen molar-refractivity contribution in [1.29, 1.82) is 0 Å². The zero-order valence-corrected chi connectivity index (χ0v) is 20.4. The summed E-state index contributed by atoms with van der Waals surface area (Å²) < 4.78 is 17.1. The molecule has 1 fully saturated rings.